The van der Waals surface area contributed by atoms with Gasteiger partial charge in [-0.1, -0.05) is 30.3 Å². The Morgan fingerprint density at radius 2 is 1.71 bits per heavy atom. The van der Waals surface area contributed by atoms with Crippen molar-refractivity contribution in [1.29, 1.82) is 0 Å². The first-order valence-corrected chi connectivity index (χ1v) is 7.40. The van der Waals surface area contributed by atoms with Gasteiger partial charge in [0.1, 0.15) is 11.5 Å². The average Bonchev–Trinajstić information content (AvgIpc) is 2.49. The summed E-state index contributed by atoms with van der Waals surface area (Å²) in [6.07, 6.45) is 0. The van der Waals surface area contributed by atoms with E-state index >= 15 is 0 Å². The quantitative estimate of drug-likeness (QED) is 0.580. The highest BCUT2D eigenvalue weighted by Gasteiger charge is 2.07. The largest absolute Gasteiger partial charge is 0.456 e. The van der Waals surface area contributed by atoms with E-state index in [2.05, 4.69) is 28.1 Å². The van der Waals surface area contributed by atoms with Crippen LogP contribution < -0.4 is 4.74 Å². The zero-order chi connectivity index (χ0) is 14.8. The van der Waals surface area contributed by atoms with Crippen LogP contribution in [0.4, 0.5) is 0 Å². The summed E-state index contributed by atoms with van der Waals surface area (Å²) in [5, 5.41) is 2.31. The van der Waals surface area contributed by atoms with Crippen LogP contribution in [0.2, 0.25) is 0 Å². The van der Waals surface area contributed by atoms with E-state index in [1.54, 1.807) is 25.1 Å². The molecule has 3 aromatic rings. The van der Waals surface area contributed by atoms with Crippen molar-refractivity contribution in [2.24, 2.45) is 0 Å². The Bertz CT molecular complexity index is 824. The number of hydrogen-bond donors (Lipinski definition) is 0. The Balaban J connectivity index is 1.93. The molecule has 0 heterocycles. The van der Waals surface area contributed by atoms with Crippen molar-refractivity contribution in [1.82, 2.24) is 0 Å². The van der Waals surface area contributed by atoms with E-state index in [9.17, 15) is 4.79 Å². The molecule has 0 atom stereocenters. The van der Waals surface area contributed by atoms with Gasteiger partial charge in [-0.2, -0.15) is 0 Å². The van der Waals surface area contributed by atoms with E-state index in [1.165, 1.54) is 5.39 Å². The lowest BCUT2D eigenvalue weighted by Gasteiger charge is -2.09. The summed E-state index contributed by atoms with van der Waals surface area (Å²) in [4.78, 5) is 11.4. The molecule has 3 aromatic carbocycles. The fourth-order valence-corrected chi connectivity index (χ4v) is 2.62. The third-order valence-corrected chi connectivity index (χ3v) is 3.91. The first kappa shape index (κ1) is 13.8. The van der Waals surface area contributed by atoms with Crippen molar-refractivity contribution in [3.8, 4) is 11.5 Å². The minimum Gasteiger partial charge on any atom is -0.456 e. The molecule has 0 aromatic heterocycles. The van der Waals surface area contributed by atoms with Crippen LogP contribution in [-0.4, -0.2) is 5.78 Å². The highest BCUT2D eigenvalue weighted by atomic mass is 79.9. The van der Waals surface area contributed by atoms with Gasteiger partial charge in [-0.25, -0.2) is 0 Å². The number of hydrogen-bond acceptors (Lipinski definition) is 2. The number of carbonyl (C=O) groups excluding carboxylic acids is 1. The molecule has 0 N–H and O–H groups in total. The number of carbonyl (C=O) groups is 1. The Kier molecular flexibility index (Phi) is 3.76. The molecule has 0 amide bonds. The van der Waals surface area contributed by atoms with Crippen molar-refractivity contribution >= 4 is 32.5 Å². The van der Waals surface area contributed by atoms with Gasteiger partial charge in [-0.15, -0.1) is 0 Å². The predicted octanol–water partition coefficient (Wildman–Crippen LogP) is 5.60. The molecular formula is C18H13BrO2. The van der Waals surface area contributed by atoms with Crippen LogP contribution in [0.15, 0.2) is 65.1 Å². The van der Waals surface area contributed by atoms with Gasteiger partial charge in [0, 0.05) is 5.56 Å². The van der Waals surface area contributed by atoms with Crippen LogP contribution in [-0.2, 0) is 0 Å². The zero-order valence-electron chi connectivity index (χ0n) is 11.5. The number of Topliss-reactive ketones (excluding diaryl/α,β-unsaturated/α-hetero) is 1. The third-order valence-electron chi connectivity index (χ3n) is 3.29. The molecule has 2 nitrogen and oxygen atoms in total. The molecule has 0 fully saturated rings. The normalized spacial score (nSPS) is 10.6. The highest BCUT2D eigenvalue weighted by Crippen LogP contribution is 2.32. The lowest BCUT2D eigenvalue weighted by molar-refractivity contribution is 0.101. The average molecular weight is 341 g/mol. The Labute approximate surface area is 131 Å². The molecule has 3 heteroatoms. The molecule has 0 radical (unpaired) electrons. The maximum Gasteiger partial charge on any atom is 0.159 e. The lowest BCUT2D eigenvalue weighted by Crippen LogP contribution is -1.93. The molecule has 0 bridgehead atoms. The van der Waals surface area contributed by atoms with Gasteiger partial charge in [0.25, 0.3) is 0 Å². The van der Waals surface area contributed by atoms with E-state index in [0.29, 0.717) is 11.3 Å². The molecule has 0 spiro atoms. The predicted molar refractivity (Wildman–Crippen MR) is 88.2 cm³/mol. The summed E-state index contributed by atoms with van der Waals surface area (Å²) < 4.78 is 6.66. The lowest BCUT2D eigenvalue weighted by atomic mass is 10.1. The molecule has 104 valence electrons. The molecular weight excluding hydrogens is 328 g/mol. The summed E-state index contributed by atoms with van der Waals surface area (Å²) >= 11 is 3.45. The Morgan fingerprint density at radius 1 is 0.952 bits per heavy atom. The topological polar surface area (TPSA) is 26.3 Å². The van der Waals surface area contributed by atoms with Gasteiger partial charge in [0.05, 0.1) is 4.47 Å². The molecule has 0 aliphatic carbocycles. The van der Waals surface area contributed by atoms with Gasteiger partial charge in [0.15, 0.2) is 5.78 Å². The van der Waals surface area contributed by atoms with E-state index in [0.717, 1.165) is 15.6 Å². The van der Waals surface area contributed by atoms with Crippen LogP contribution in [0, 0.1) is 0 Å². The molecule has 0 saturated heterocycles. The summed E-state index contributed by atoms with van der Waals surface area (Å²) in [5.74, 6) is 1.49. The van der Waals surface area contributed by atoms with Crippen molar-refractivity contribution < 1.29 is 9.53 Å². The van der Waals surface area contributed by atoms with E-state index in [4.69, 9.17) is 4.74 Å². The second-order valence-corrected chi connectivity index (χ2v) is 5.67. The third kappa shape index (κ3) is 2.98. The standard InChI is InChI=1S/C18H13BrO2/c1-12(20)14-7-9-18(17(19)11-14)21-16-8-6-13-4-2-3-5-15(13)10-16/h2-11H,1H3. The first-order valence-electron chi connectivity index (χ1n) is 6.60. The van der Waals surface area contributed by atoms with Crippen LogP contribution in [0.5, 0.6) is 11.5 Å². The number of benzene rings is 3. The summed E-state index contributed by atoms with van der Waals surface area (Å²) in [6, 6.07) is 19.4. The number of rotatable bonds is 3. The number of ether oxygens (including phenoxy) is 1. The second-order valence-electron chi connectivity index (χ2n) is 4.81. The number of ketones is 1. The molecule has 0 unspecified atom stereocenters. The van der Waals surface area contributed by atoms with Gasteiger partial charge < -0.3 is 4.74 Å². The van der Waals surface area contributed by atoms with E-state index in [-0.39, 0.29) is 5.78 Å². The minimum absolute atomic E-state index is 0.0351. The van der Waals surface area contributed by atoms with Crippen molar-refractivity contribution in [3.63, 3.8) is 0 Å². The molecule has 0 saturated carbocycles. The van der Waals surface area contributed by atoms with Gasteiger partial charge >= 0.3 is 0 Å². The second kappa shape index (κ2) is 5.70. The number of halogens is 1. The smallest absolute Gasteiger partial charge is 0.159 e. The Morgan fingerprint density at radius 3 is 2.43 bits per heavy atom. The van der Waals surface area contributed by atoms with Gasteiger partial charge in [-0.05, 0) is 64.0 Å². The monoisotopic (exact) mass is 340 g/mol. The van der Waals surface area contributed by atoms with Crippen molar-refractivity contribution in [3.05, 3.63) is 70.7 Å². The van der Waals surface area contributed by atoms with E-state index in [1.807, 2.05) is 30.3 Å². The maximum atomic E-state index is 11.4. The fraction of sp³-hybridized carbons (Fsp3) is 0.0556. The highest BCUT2D eigenvalue weighted by molar-refractivity contribution is 9.10. The van der Waals surface area contributed by atoms with E-state index < -0.39 is 0 Å². The molecule has 21 heavy (non-hydrogen) atoms. The molecule has 3 rings (SSSR count). The minimum atomic E-state index is 0.0351. The summed E-state index contributed by atoms with van der Waals surface area (Å²) in [7, 11) is 0. The van der Waals surface area contributed by atoms with Gasteiger partial charge in [0.2, 0.25) is 0 Å². The summed E-state index contributed by atoms with van der Waals surface area (Å²) in [5.41, 5.74) is 0.660. The SMILES string of the molecule is CC(=O)c1ccc(Oc2ccc3ccccc3c2)c(Br)c1. The van der Waals surface area contributed by atoms with Gasteiger partial charge in [-0.3, -0.25) is 4.79 Å². The Hall–Kier alpha value is -2.13. The van der Waals surface area contributed by atoms with Crippen LogP contribution in [0.3, 0.4) is 0 Å². The number of fused-ring (bicyclic) bond motifs is 1. The van der Waals surface area contributed by atoms with Crippen LogP contribution >= 0.6 is 15.9 Å². The summed E-state index contributed by atoms with van der Waals surface area (Å²) in [6.45, 7) is 1.55. The molecule has 0 aliphatic heterocycles. The van der Waals surface area contributed by atoms with Crippen molar-refractivity contribution in [2.75, 3.05) is 0 Å². The van der Waals surface area contributed by atoms with Crippen LogP contribution in [0.1, 0.15) is 17.3 Å². The zero-order valence-corrected chi connectivity index (χ0v) is 13.1. The maximum absolute atomic E-state index is 11.4. The van der Waals surface area contributed by atoms with Crippen molar-refractivity contribution in [2.45, 2.75) is 6.92 Å². The van der Waals surface area contributed by atoms with Crippen LogP contribution in [0.25, 0.3) is 10.8 Å². The molecule has 0 aliphatic rings. The first-order chi connectivity index (χ1) is 10.1. The fourth-order valence-electron chi connectivity index (χ4n) is 2.16.